The average Bonchev–Trinajstić information content (AvgIpc) is 3.09. The summed E-state index contributed by atoms with van der Waals surface area (Å²) in [6.07, 6.45) is 2.39. The smallest absolute Gasteiger partial charge is 0.272 e. The molecule has 1 aromatic carbocycles. The van der Waals surface area contributed by atoms with Gasteiger partial charge in [-0.1, -0.05) is 6.07 Å². The molecule has 2 aromatic rings. The minimum absolute atomic E-state index is 0.300. The average molecular weight is 387 g/mol. The van der Waals surface area contributed by atoms with Crippen LogP contribution in [0.25, 0.3) is 0 Å². The monoisotopic (exact) mass is 386 g/mol. The highest BCUT2D eigenvalue weighted by molar-refractivity contribution is 9.10. The number of nitrogens with one attached hydrogen (secondary N) is 1. The van der Waals surface area contributed by atoms with Crippen LogP contribution >= 0.6 is 27.3 Å². The lowest BCUT2D eigenvalue weighted by molar-refractivity contribution is 0.603. The third-order valence-electron chi connectivity index (χ3n) is 3.40. The van der Waals surface area contributed by atoms with Crippen molar-refractivity contribution in [3.63, 3.8) is 0 Å². The maximum Gasteiger partial charge on any atom is 0.272 e. The SMILES string of the molecule is O=S(=O)(Nc1cccc(N2CCCC2)c1)c1sccc1Br. The molecular formula is C14H15BrN2O2S2. The van der Waals surface area contributed by atoms with Gasteiger partial charge in [-0.15, -0.1) is 11.3 Å². The summed E-state index contributed by atoms with van der Waals surface area (Å²) in [5, 5.41) is 1.75. The number of thiophene rings is 1. The molecule has 1 aliphatic rings. The molecule has 0 atom stereocenters. The van der Waals surface area contributed by atoms with Gasteiger partial charge in [0.15, 0.2) is 4.21 Å². The predicted octanol–water partition coefficient (Wildman–Crippen LogP) is 3.91. The van der Waals surface area contributed by atoms with E-state index in [-0.39, 0.29) is 0 Å². The molecule has 3 rings (SSSR count). The summed E-state index contributed by atoms with van der Waals surface area (Å²) in [5.74, 6) is 0. The normalized spacial score (nSPS) is 15.4. The minimum Gasteiger partial charge on any atom is -0.371 e. The molecule has 1 N–H and O–H groups in total. The Bertz CT molecular complexity index is 737. The zero-order valence-corrected chi connectivity index (χ0v) is 14.5. The Morgan fingerprint density at radius 2 is 1.95 bits per heavy atom. The van der Waals surface area contributed by atoms with E-state index in [1.165, 1.54) is 24.2 Å². The first-order valence-corrected chi connectivity index (χ1v) is 9.83. The van der Waals surface area contributed by atoms with Gasteiger partial charge in [0.2, 0.25) is 0 Å². The lowest BCUT2D eigenvalue weighted by atomic mass is 10.2. The van der Waals surface area contributed by atoms with Gasteiger partial charge in [-0.25, -0.2) is 8.42 Å². The van der Waals surface area contributed by atoms with Gasteiger partial charge in [-0.3, -0.25) is 4.72 Å². The maximum absolute atomic E-state index is 12.4. The van der Waals surface area contributed by atoms with Gasteiger partial charge < -0.3 is 4.90 Å². The molecule has 0 bridgehead atoms. The lowest BCUT2D eigenvalue weighted by Gasteiger charge is -2.18. The fourth-order valence-corrected chi connectivity index (χ4v) is 5.80. The second-order valence-electron chi connectivity index (χ2n) is 4.91. The topological polar surface area (TPSA) is 49.4 Å². The van der Waals surface area contributed by atoms with Crippen molar-refractivity contribution in [3.05, 3.63) is 40.2 Å². The molecule has 2 heterocycles. The van der Waals surface area contributed by atoms with Gasteiger partial charge in [0.25, 0.3) is 10.0 Å². The van der Waals surface area contributed by atoms with E-state index in [0.29, 0.717) is 14.4 Å². The molecule has 0 amide bonds. The van der Waals surface area contributed by atoms with E-state index in [2.05, 4.69) is 25.6 Å². The molecule has 0 radical (unpaired) electrons. The van der Waals surface area contributed by atoms with Crippen molar-refractivity contribution in [2.45, 2.75) is 17.1 Å². The number of nitrogens with zero attached hydrogens (tertiary/aromatic N) is 1. The first kappa shape index (κ1) is 14.9. The largest absolute Gasteiger partial charge is 0.371 e. The fourth-order valence-electron chi connectivity index (χ4n) is 2.41. The first-order chi connectivity index (χ1) is 10.1. The van der Waals surface area contributed by atoms with Crippen LogP contribution in [0, 0.1) is 0 Å². The molecule has 112 valence electrons. The Balaban J connectivity index is 1.85. The van der Waals surface area contributed by atoms with Crippen molar-refractivity contribution in [2.24, 2.45) is 0 Å². The molecule has 1 saturated heterocycles. The molecule has 0 aliphatic carbocycles. The molecule has 0 unspecified atom stereocenters. The van der Waals surface area contributed by atoms with E-state index < -0.39 is 10.0 Å². The summed E-state index contributed by atoms with van der Waals surface area (Å²) in [5.41, 5.74) is 1.66. The third-order valence-corrected chi connectivity index (χ3v) is 7.45. The van der Waals surface area contributed by atoms with Crippen LogP contribution in [0.5, 0.6) is 0 Å². The van der Waals surface area contributed by atoms with Gasteiger partial charge in [-0.2, -0.15) is 0 Å². The molecule has 1 fully saturated rings. The Morgan fingerprint density at radius 3 is 2.62 bits per heavy atom. The van der Waals surface area contributed by atoms with Crippen LogP contribution in [-0.2, 0) is 10.0 Å². The number of hydrogen-bond donors (Lipinski definition) is 1. The zero-order valence-electron chi connectivity index (χ0n) is 11.3. The van der Waals surface area contributed by atoms with E-state index >= 15 is 0 Å². The summed E-state index contributed by atoms with van der Waals surface area (Å²) in [4.78, 5) is 2.28. The van der Waals surface area contributed by atoms with Crippen LogP contribution in [0.1, 0.15) is 12.8 Å². The number of rotatable bonds is 4. The summed E-state index contributed by atoms with van der Waals surface area (Å²) in [7, 11) is -3.54. The Kier molecular flexibility index (Phi) is 4.24. The highest BCUT2D eigenvalue weighted by atomic mass is 79.9. The quantitative estimate of drug-likeness (QED) is 0.866. The van der Waals surface area contributed by atoms with Crippen LogP contribution < -0.4 is 9.62 Å². The molecule has 4 nitrogen and oxygen atoms in total. The number of anilines is 2. The van der Waals surface area contributed by atoms with Gasteiger partial charge in [-0.05, 0) is 58.4 Å². The predicted molar refractivity (Wildman–Crippen MR) is 90.7 cm³/mol. The summed E-state index contributed by atoms with van der Waals surface area (Å²) in [6.45, 7) is 2.07. The van der Waals surface area contributed by atoms with Crippen molar-refractivity contribution >= 4 is 48.7 Å². The van der Waals surface area contributed by atoms with Crippen molar-refractivity contribution in [2.75, 3.05) is 22.7 Å². The molecule has 21 heavy (non-hydrogen) atoms. The zero-order chi connectivity index (χ0) is 14.9. The van der Waals surface area contributed by atoms with Gasteiger partial charge >= 0.3 is 0 Å². The number of halogens is 1. The van der Waals surface area contributed by atoms with Crippen LogP contribution in [0.3, 0.4) is 0 Å². The molecule has 7 heteroatoms. The van der Waals surface area contributed by atoms with E-state index in [4.69, 9.17) is 0 Å². The highest BCUT2D eigenvalue weighted by Gasteiger charge is 2.20. The van der Waals surface area contributed by atoms with Gasteiger partial charge in [0, 0.05) is 23.2 Å². The Morgan fingerprint density at radius 1 is 1.19 bits per heavy atom. The molecule has 0 saturated carbocycles. The number of benzene rings is 1. The van der Waals surface area contributed by atoms with E-state index in [0.717, 1.165) is 18.8 Å². The maximum atomic E-state index is 12.4. The second kappa shape index (κ2) is 5.98. The minimum atomic E-state index is -3.54. The lowest BCUT2D eigenvalue weighted by Crippen LogP contribution is -2.18. The van der Waals surface area contributed by atoms with E-state index in [9.17, 15) is 8.42 Å². The third kappa shape index (κ3) is 3.25. The number of hydrogen-bond acceptors (Lipinski definition) is 4. The van der Waals surface area contributed by atoms with Crippen LogP contribution in [0.15, 0.2) is 44.4 Å². The molecule has 0 spiro atoms. The summed E-state index contributed by atoms with van der Waals surface area (Å²) >= 11 is 4.46. The van der Waals surface area contributed by atoms with Gasteiger partial charge in [0.1, 0.15) is 0 Å². The van der Waals surface area contributed by atoms with Crippen molar-refractivity contribution in [1.29, 1.82) is 0 Å². The molecule has 1 aliphatic heterocycles. The highest BCUT2D eigenvalue weighted by Crippen LogP contribution is 2.30. The summed E-state index contributed by atoms with van der Waals surface area (Å²) < 4.78 is 28.3. The van der Waals surface area contributed by atoms with Crippen molar-refractivity contribution in [3.8, 4) is 0 Å². The Labute approximate surface area is 137 Å². The van der Waals surface area contributed by atoms with Crippen LogP contribution in [-0.4, -0.2) is 21.5 Å². The first-order valence-electron chi connectivity index (χ1n) is 6.67. The molecular weight excluding hydrogens is 372 g/mol. The standard InChI is InChI=1S/C14H15BrN2O2S2/c15-13-6-9-20-14(13)21(18,19)16-11-4-3-5-12(10-11)17-7-1-2-8-17/h3-6,9-10,16H,1-2,7-8H2. The van der Waals surface area contributed by atoms with E-state index in [1.54, 1.807) is 17.5 Å². The second-order valence-corrected chi connectivity index (χ2v) is 8.55. The van der Waals surface area contributed by atoms with E-state index in [1.807, 2.05) is 18.2 Å². The summed E-state index contributed by atoms with van der Waals surface area (Å²) in [6, 6.07) is 9.31. The van der Waals surface area contributed by atoms with Crippen molar-refractivity contribution in [1.82, 2.24) is 0 Å². The number of sulfonamides is 1. The van der Waals surface area contributed by atoms with Crippen LogP contribution in [0.2, 0.25) is 0 Å². The molecule has 1 aromatic heterocycles. The van der Waals surface area contributed by atoms with Gasteiger partial charge in [0.05, 0.1) is 5.69 Å². The Hall–Kier alpha value is -1.05. The fraction of sp³-hybridized carbons (Fsp3) is 0.286. The van der Waals surface area contributed by atoms with Crippen LogP contribution in [0.4, 0.5) is 11.4 Å². The van der Waals surface area contributed by atoms with Crippen molar-refractivity contribution < 1.29 is 8.42 Å².